The van der Waals surface area contributed by atoms with E-state index in [1.807, 2.05) is 54.7 Å². The van der Waals surface area contributed by atoms with E-state index in [4.69, 9.17) is 9.72 Å². The second-order valence-corrected chi connectivity index (χ2v) is 7.78. The molecule has 1 atom stereocenters. The highest BCUT2D eigenvalue weighted by molar-refractivity contribution is 5.83. The standard InChI is InChI=1S/C27H26N4O/c1-3-9-20(10-4-1)26-19-30-27(31-26)25(28-15-16-32-22-11-5-2-6-12-22)17-21-18-29-24-14-8-7-13-23(21)24/h1-14,18-19,25,28-29H,15-17H2,(H,30,31). The number of aromatic amines is 2. The first-order valence-corrected chi connectivity index (χ1v) is 10.9. The van der Waals surface area contributed by atoms with Gasteiger partial charge in [-0.3, -0.25) is 0 Å². The summed E-state index contributed by atoms with van der Waals surface area (Å²) in [5.41, 5.74) is 4.56. The molecule has 0 aliphatic carbocycles. The van der Waals surface area contributed by atoms with Gasteiger partial charge < -0.3 is 20.0 Å². The third-order valence-electron chi connectivity index (χ3n) is 5.61. The van der Waals surface area contributed by atoms with Gasteiger partial charge in [0.25, 0.3) is 0 Å². The Morgan fingerprint density at radius 1 is 0.875 bits per heavy atom. The van der Waals surface area contributed by atoms with Gasteiger partial charge >= 0.3 is 0 Å². The minimum Gasteiger partial charge on any atom is -0.492 e. The van der Waals surface area contributed by atoms with Crippen LogP contribution in [0.4, 0.5) is 0 Å². The fraction of sp³-hybridized carbons (Fsp3) is 0.148. The summed E-state index contributed by atoms with van der Waals surface area (Å²) in [4.78, 5) is 11.6. The average Bonchev–Trinajstić information content (AvgIpc) is 3.50. The Morgan fingerprint density at radius 3 is 2.47 bits per heavy atom. The largest absolute Gasteiger partial charge is 0.492 e. The quantitative estimate of drug-likeness (QED) is 0.274. The molecule has 0 radical (unpaired) electrons. The molecule has 0 aliphatic heterocycles. The van der Waals surface area contributed by atoms with Crippen LogP contribution in [0.2, 0.25) is 0 Å². The summed E-state index contributed by atoms with van der Waals surface area (Å²) in [7, 11) is 0. The summed E-state index contributed by atoms with van der Waals surface area (Å²) in [6.07, 6.45) is 4.83. The normalized spacial score (nSPS) is 12.1. The van der Waals surface area contributed by atoms with Crippen LogP contribution in [0.15, 0.2) is 97.3 Å². The first kappa shape index (κ1) is 20.1. The second kappa shape index (κ2) is 9.54. The predicted octanol–water partition coefficient (Wildman–Crippen LogP) is 5.51. The molecule has 160 valence electrons. The molecule has 2 aromatic heterocycles. The van der Waals surface area contributed by atoms with Crippen LogP contribution in [-0.2, 0) is 6.42 Å². The molecular formula is C27H26N4O. The minimum atomic E-state index is 0.0334. The molecule has 5 heteroatoms. The van der Waals surface area contributed by atoms with Gasteiger partial charge in [0.1, 0.15) is 18.2 Å². The monoisotopic (exact) mass is 422 g/mol. The zero-order chi connectivity index (χ0) is 21.6. The molecule has 0 spiro atoms. The molecule has 0 saturated carbocycles. The number of nitrogens with one attached hydrogen (secondary N) is 3. The average molecular weight is 423 g/mol. The lowest BCUT2D eigenvalue weighted by molar-refractivity contribution is 0.303. The van der Waals surface area contributed by atoms with Crippen LogP contribution < -0.4 is 10.1 Å². The number of fused-ring (bicyclic) bond motifs is 1. The summed E-state index contributed by atoms with van der Waals surface area (Å²) >= 11 is 0. The van der Waals surface area contributed by atoms with Crippen molar-refractivity contribution in [2.75, 3.05) is 13.2 Å². The molecular weight excluding hydrogens is 396 g/mol. The zero-order valence-corrected chi connectivity index (χ0v) is 17.8. The van der Waals surface area contributed by atoms with E-state index in [-0.39, 0.29) is 6.04 Å². The molecule has 32 heavy (non-hydrogen) atoms. The summed E-state index contributed by atoms with van der Waals surface area (Å²) in [6.45, 7) is 1.30. The van der Waals surface area contributed by atoms with Gasteiger partial charge in [0.2, 0.25) is 0 Å². The van der Waals surface area contributed by atoms with Crippen molar-refractivity contribution >= 4 is 10.9 Å². The maximum Gasteiger partial charge on any atom is 0.124 e. The van der Waals surface area contributed by atoms with E-state index < -0.39 is 0 Å². The number of aromatic nitrogens is 3. The van der Waals surface area contributed by atoms with Crippen LogP contribution in [0.5, 0.6) is 5.75 Å². The molecule has 0 saturated heterocycles. The molecule has 5 rings (SSSR count). The molecule has 0 amide bonds. The summed E-state index contributed by atoms with van der Waals surface area (Å²) in [5.74, 6) is 1.81. The first-order valence-electron chi connectivity index (χ1n) is 10.9. The van der Waals surface area contributed by atoms with Crippen molar-refractivity contribution in [2.24, 2.45) is 0 Å². The van der Waals surface area contributed by atoms with Crippen molar-refractivity contribution in [1.82, 2.24) is 20.3 Å². The van der Waals surface area contributed by atoms with Crippen molar-refractivity contribution < 1.29 is 4.74 Å². The SMILES string of the molecule is c1ccc(OCCNC(Cc2c[nH]c3ccccc23)c2ncc(-c3ccccc3)[nH]2)cc1. The van der Waals surface area contributed by atoms with Crippen molar-refractivity contribution in [3.8, 4) is 17.0 Å². The van der Waals surface area contributed by atoms with Crippen molar-refractivity contribution in [3.05, 3.63) is 109 Å². The summed E-state index contributed by atoms with van der Waals surface area (Å²) in [6, 6.07) is 28.6. The molecule has 0 bridgehead atoms. The van der Waals surface area contributed by atoms with Crippen LogP contribution >= 0.6 is 0 Å². The second-order valence-electron chi connectivity index (χ2n) is 7.78. The van der Waals surface area contributed by atoms with E-state index in [2.05, 4.69) is 57.9 Å². The Labute approximate surface area is 187 Å². The van der Waals surface area contributed by atoms with Crippen molar-refractivity contribution in [3.63, 3.8) is 0 Å². The van der Waals surface area contributed by atoms with E-state index in [1.54, 1.807) is 0 Å². The van der Waals surface area contributed by atoms with E-state index in [9.17, 15) is 0 Å². The van der Waals surface area contributed by atoms with Crippen molar-refractivity contribution in [1.29, 1.82) is 0 Å². The van der Waals surface area contributed by atoms with Crippen LogP contribution in [-0.4, -0.2) is 28.1 Å². The lowest BCUT2D eigenvalue weighted by Gasteiger charge is -2.17. The van der Waals surface area contributed by atoms with Gasteiger partial charge in [-0.1, -0.05) is 66.7 Å². The highest BCUT2D eigenvalue weighted by Gasteiger charge is 2.18. The van der Waals surface area contributed by atoms with Gasteiger partial charge in [-0.2, -0.15) is 0 Å². The Kier molecular flexibility index (Phi) is 5.99. The molecule has 5 aromatic rings. The van der Waals surface area contributed by atoms with Gasteiger partial charge in [-0.25, -0.2) is 4.98 Å². The van der Waals surface area contributed by atoms with Gasteiger partial charge in [-0.05, 0) is 35.7 Å². The molecule has 2 heterocycles. The lowest BCUT2D eigenvalue weighted by atomic mass is 10.0. The van der Waals surface area contributed by atoms with Gasteiger partial charge in [0.05, 0.1) is 17.9 Å². The fourth-order valence-electron chi connectivity index (χ4n) is 3.98. The Bertz CT molecular complexity index is 1260. The molecule has 0 aliphatic rings. The molecule has 3 N–H and O–H groups in total. The molecule has 0 fully saturated rings. The maximum absolute atomic E-state index is 5.87. The third kappa shape index (κ3) is 4.58. The number of hydrogen-bond acceptors (Lipinski definition) is 3. The highest BCUT2D eigenvalue weighted by atomic mass is 16.5. The highest BCUT2D eigenvalue weighted by Crippen LogP contribution is 2.25. The number of hydrogen-bond donors (Lipinski definition) is 3. The minimum absolute atomic E-state index is 0.0334. The first-order chi connectivity index (χ1) is 15.9. The molecule has 5 nitrogen and oxygen atoms in total. The Hall–Kier alpha value is -3.83. The summed E-state index contributed by atoms with van der Waals surface area (Å²) < 4.78 is 5.87. The molecule has 1 unspecified atom stereocenters. The van der Waals surface area contributed by atoms with E-state index >= 15 is 0 Å². The van der Waals surface area contributed by atoms with Crippen LogP contribution in [0.25, 0.3) is 22.2 Å². The summed E-state index contributed by atoms with van der Waals surface area (Å²) in [5, 5.41) is 4.89. The van der Waals surface area contributed by atoms with Crippen molar-refractivity contribution in [2.45, 2.75) is 12.5 Å². The van der Waals surface area contributed by atoms with Crippen LogP contribution in [0, 0.1) is 0 Å². The number of benzene rings is 3. The maximum atomic E-state index is 5.87. The number of nitrogens with zero attached hydrogens (tertiary/aromatic N) is 1. The fourth-order valence-corrected chi connectivity index (χ4v) is 3.98. The van der Waals surface area contributed by atoms with Gasteiger partial charge in [0.15, 0.2) is 0 Å². The Balaban J connectivity index is 1.34. The number of ether oxygens (including phenoxy) is 1. The lowest BCUT2D eigenvalue weighted by Crippen LogP contribution is -2.28. The van der Waals surface area contributed by atoms with Crippen LogP contribution in [0.1, 0.15) is 17.4 Å². The Morgan fingerprint density at radius 2 is 1.62 bits per heavy atom. The van der Waals surface area contributed by atoms with Gasteiger partial charge in [-0.15, -0.1) is 0 Å². The van der Waals surface area contributed by atoms with E-state index in [0.29, 0.717) is 13.2 Å². The number of H-pyrrole nitrogens is 2. The number of rotatable bonds is 9. The number of para-hydroxylation sites is 2. The zero-order valence-electron chi connectivity index (χ0n) is 17.8. The van der Waals surface area contributed by atoms with E-state index in [1.165, 1.54) is 10.9 Å². The van der Waals surface area contributed by atoms with Gasteiger partial charge in [0, 0.05) is 23.6 Å². The predicted molar refractivity (Wildman–Crippen MR) is 129 cm³/mol. The smallest absolute Gasteiger partial charge is 0.124 e. The van der Waals surface area contributed by atoms with E-state index in [0.717, 1.165) is 34.8 Å². The molecule has 3 aromatic carbocycles. The number of imidazole rings is 1. The third-order valence-corrected chi connectivity index (χ3v) is 5.61. The topological polar surface area (TPSA) is 65.7 Å². The van der Waals surface area contributed by atoms with Crippen LogP contribution in [0.3, 0.4) is 0 Å².